The third-order valence-corrected chi connectivity index (χ3v) is 5.70. The lowest BCUT2D eigenvalue weighted by molar-refractivity contribution is 0.0663. The van der Waals surface area contributed by atoms with Crippen LogP contribution in [0.15, 0.2) is 45.6 Å². The molecule has 1 aromatic heterocycles. The Bertz CT molecular complexity index is 1230. The summed E-state index contributed by atoms with van der Waals surface area (Å²) in [5, 5.41) is 0.466. The lowest BCUT2D eigenvalue weighted by atomic mass is 9.97. The van der Waals surface area contributed by atoms with Crippen molar-refractivity contribution in [2.24, 2.45) is 0 Å². The van der Waals surface area contributed by atoms with Crippen molar-refractivity contribution in [1.29, 1.82) is 0 Å². The van der Waals surface area contributed by atoms with E-state index < -0.39 is 6.04 Å². The van der Waals surface area contributed by atoms with Gasteiger partial charge in [0.15, 0.2) is 16.9 Å². The van der Waals surface area contributed by atoms with Crippen molar-refractivity contribution < 1.29 is 23.4 Å². The number of hydrogen-bond acceptors (Lipinski definition) is 6. The van der Waals surface area contributed by atoms with Crippen LogP contribution in [0.25, 0.3) is 11.0 Å². The average Bonchev–Trinajstić information content (AvgIpc) is 3.09. The topological polar surface area (TPSA) is 78.2 Å². The molecule has 0 N–H and O–H groups in total. The van der Waals surface area contributed by atoms with Gasteiger partial charge in [-0.2, -0.15) is 0 Å². The summed E-state index contributed by atoms with van der Waals surface area (Å²) in [7, 11) is 1.58. The number of rotatable bonds is 9. The molecule has 0 saturated heterocycles. The van der Waals surface area contributed by atoms with Crippen LogP contribution in [-0.4, -0.2) is 44.3 Å². The van der Waals surface area contributed by atoms with Crippen molar-refractivity contribution in [2.75, 3.05) is 33.5 Å². The van der Waals surface area contributed by atoms with Crippen LogP contribution in [0.4, 0.5) is 0 Å². The maximum Gasteiger partial charge on any atom is 0.290 e. The number of ether oxygens (including phenoxy) is 3. The fourth-order valence-corrected chi connectivity index (χ4v) is 4.20. The van der Waals surface area contributed by atoms with Gasteiger partial charge in [-0.1, -0.05) is 24.6 Å². The van der Waals surface area contributed by atoms with E-state index in [9.17, 15) is 9.59 Å². The number of nitrogens with zero attached hydrogens (tertiary/aromatic N) is 1. The Morgan fingerprint density at radius 1 is 1.00 bits per heavy atom. The Kier molecular flexibility index (Phi) is 6.70. The molecule has 0 fully saturated rings. The van der Waals surface area contributed by atoms with Crippen molar-refractivity contribution in [3.8, 4) is 11.5 Å². The standard InChI is InChI=1S/C26H29NO6/c1-5-12-32-20-10-8-17(15-21(20)31-6-2)23-22-24(28)18-14-16(3)7-9-19(18)33-25(22)26(29)27(23)11-13-30-4/h7-10,14-15,23H,5-6,11-13H2,1-4H3. The van der Waals surface area contributed by atoms with Crippen LogP contribution >= 0.6 is 0 Å². The Balaban J connectivity index is 1.90. The molecule has 7 nitrogen and oxygen atoms in total. The molecule has 0 bridgehead atoms. The van der Waals surface area contributed by atoms with E-state index in [1.807, 2.05) is 45.0 Å². The third-order valence-electron chi connectivity index (χ3n) is 5.70. The fourth-order valence-electron chi connectivity index (χ4n) is 4.20. The van der Waals surface area contributed by atoms with Gasteiger partial charge in [0.25, 0.3) is 5.91 Å². The summed E-state index contributed by atoms with van der Waals surface area (Å²) in [5.41, 5.74) is 2.26. The number of carbonyl (C=O) groups excluding carboxylic acids is 1. The minimum Gasteiger partial charge on any atom is -0.490 e. The molecule has 7 heteroatoms. The number of fused-ring (bicyclic) bond motifs is 2. The highest BCUT2D eigenvalue weighted by Crippen LogP contribution is 2.41. The molecule has 1 aliphatic rings. The Morgan fingerprint density at radius 3 is 2.55 bits per heavy atom. The zero-order valence-electron chi connectivity index (χ0n) is 19.5. The first-order valence-corrected chi connectivity index (χ1v) is 11.3. The summed E-state index contributed by atoms with van der Waals surface area (Å²) in [6.45, 7) is 7.54. The van der Waals surface area contributed by atoms with Crippen molar-refractivity contribution in [3.63, 3.8) is 0 Å². The molecular formula is C26H29NO6. The smallest absolute Gasteiger partial charge is 0.290 e. The van der Waals surface area contributed by atoms with Crippen LogP contribution in [-0.2, 0) is 4.74 Å². The minimum absolute atomic E-state index is 0.0849. The fraction of sp³-hybridized carbons (Fsp3) is 0.385. The number of aryl methyl sites for hydroxylation is 1. The molecule has 0 aliphatic carbocycles. The molecule has 33 heavy (non-hydrogen) atoms. The third kappa shape index (κ3) is 4.20. The summed E-state index contributed by atoms with van der Waals surface area (Å²) in [6, 6.07) is 10.3. The second kappa shape index (κ2) is 9.67. The predicted octanol–water partition coefficient (Wildman–Crippen LogP) is 4.48. The van der Waals surface area contributed by atoms with Crippen LogP contribution in [0.5, 0.6) is 11.5 Å². The molecule has 2 heterocycles. The SMILES string of the molecule is CCCOc1ccc(C2c3c(oc4ccc(C)cc4c3=O)C(=O)N2CCOC)cc1OCC. The monoisotopic (exact) mass is 451 g/mol. The zero-order valence-corrected chi connectivity index (χ0v) is 19.5. The summed E-state index contributed by atoms with van der Waals surface area (Å²) >= 11 is 0. The van der Waals surface area contributed by atoms with Gasteiger partial charge in [-0.05, 0) is 50.1 Å². The van der Waals surface area contributed by atoms with Gasteiger partial charge in [0, 0.05) is 13.7 Å². The number of methoxy groups -OCH3 is 1. The summed E-state index contributed by atoms with van der Waals surface area (Å²) in [6.07, 6.45) is 0.871. The molecule has 3 aromatic rings. The van der Waals surface area contributed by atoms with Gasteiger partial charge in [-0.15, -0.1) is 0 Å². The maximum atomic E-state index is 13.6. The molecule has 0 spiro atoms. The first kappa shape index (κ1) is 22.9. The lowest BCUT2D eigenvalue weighted by Crippen LogP contribution is -2.32. The normalized spacial score (nSPS) is 15.2. The van der Waals surface area contributed by atoms with Gasteiger partial charge >= 0.3 is 0 Å². The van der Waals surface area contributed by atoms with Gasteiger partial charge in [0.1, 0.15) is 5.58 Å². The average molecular weight is 452 g/mol. The summed E-state index contributed by atoms with van der Waals surface area (Å²) in [5.74, 6) is 0.978. The highest BCUT2D eigenvalue weighted by atomic mass is 16.5. The van der Waals surface area contributed by atoms with Crippen molar-refractivity contribution in [1.82, 2.24) is 4.90 Å². The molecule has 174 valence electrons. The van der Waals surface area contributed by atoms with E-state index in [1.165, 1.54) is 0 Å². The van der Waals surface area contributed by atoms with Crippen LogP contribution < -0.4 is 14.9 Å². The maximum absolute atomic E-state index is 13.6. The van der Waals surface area contributed by atoms with Gasteiger partial charge in [0.05, 0.1) is 36.8 Å². The molecule has 2 aromatic carbocycles. The van der Waals surface area contributed by atoms with Crippen LogP contribution in [0.1, 0.15) is 53.6 Å². The summed E-state index contributed by atoms with van der Waals surface area (Å²) in [4.78, 5) is 28.6. The molecule has 1 atom stereocenters. The van der Waals surface area contributed by atoms with Crippen molar-refractivity contribution in [2.45, 2.75) is 33.2 Å². The first-order chi connectivity index (χ1) is 16.0. The summed E-state index contributed by atoms with van der Waals surface area (Å²) < 4.78 is 22.9. The Morgan fingerprint density at radius 2 is 1.82 bits per heavy atom. The zero-order chi connectivity index (χ0) is 23.5. The highest BCUT2D eigenvalue weighted by molar-refractivity contribution is 5.99. The number of amides is 1. The largest absolute Gasteiger partial charge is 0.490 e. The second-order valence-electron chi connectivity index (χ2n) is 8.06. The minimum atomic E-state index is -0.608. The molecule has 0 saturated carbocycles. The van der Waals surface area contributed by atoms with E-state index in [0.29, 0.717) is 54.4 Å². The van der Waals surface area contributed by atoms with Gasteiger partial charge < -0.3 is 23.5 Å². The molecule has 0 radical (unpaired) electrons. The van der Waals surface area contributed by atoms with Crippen LogP contribution in [0.3, 0.4) is 0 Å². The first-order valence-electron chi connectivity index (χ1n) is 11.3. The molecule has 1 amide bonds. The van der Waals surface area contributed by atoms with Gasteiger partial charge in [0.2, 0.25) is 5.76 Å². The van der Waals surface area contributed by atoms with Crippen LogP contribution in [0.2, 0.25) is 0 Å². The van der Waals surface area contributed by atoms with E-state index in [2.05, 4.69) is 0 Å². The van der Waals surface area contributed by atoms with Crippen LogP contribution in [0, 0.1) is 6.92 Å². The molecule has 1 unspecified atom stereocenters. The lowest BCUT2D eigenvalue weighted by Gasteiger charge is -2.25. The van der Waals surface area contributed by atoms with Gasteiger partial charge in [-0.3, -0.25) is 9.59 Å². The second-order valence-corrected chi connectivity index (χ2v) is 8.06. The number of hydrogen-bond donors (Lipinski definition) is 0. The van der Waals surface area contributed by atoms with E-state index >= 15 is 0 Å². The molecular weight excluding hydrogens is 422 g/mol. The van der Waals surface area contributed by atoms with E-state index in [4.69, 9.17) is 18.6 Å². The Hall–Kier alpha value is -3.32. The predicted molar refractivity (Wildman–Crippen MR) is 125 cm³/mol. The number of carbonyl (C=O) groups is 1. The van der Waals surface area contributed by atoms with E-state index in [1.54, 1.807) is 24.1 Å². The number of benzene rings is 2. The van der Waals surface area contributed by atoms with Crippen molar-refractivity contribution >= 4 is 16.9 Å². The quantitative estimate of drug-likeness (QED) is 0.477. The Labute approximate surface area is 192 Å². The molecule has 4 rings (SSSR count). The van der Waals surface area contributed by atoms with Gasteiger partial charge in [-0.25, -0.2) is 0 Å². The van der Waals surface area contributed by atoms with Crippen molar-refractivity contribution in [3.05, 3.63) is 69.1 Å². The highest BCUT2D eigenvalue weighted by Gasteiger charge is 2.42. The molecule has 1 aliphatic heterocycles. The van der Waals surface area contributed by atoms with E-state index in [-0.39, 0.29) is 17.1 Å². The van der Waals surface area contributed by atoms with E-state index in [0.717, 1.165) is 17.5 Å².